The molecule has 1 aliphatic rings. The summed E-state index contributed by atoms with van der Waals surface area (Å²) in [6.45, 7) is 2.25. The van der Waals surface area contributed by atoms with Gasteiger partial charge in [-0.3, -0.25) is 0 Å². The molecular formula is C14H15ClN2. The molecule has 0 saturated heterocycles. The highest BCUT2D eigenvalue weighted by Crippen LogP contribution is 2.50. The lowest BCUT2D eigenvalue weighted by atomic mass is 10.1. The van der Waals surface area contributed by atoms with Gasteiger partial charge >= 0.3 is 0 Å². The minimum absolute atomic E-state index is 0.113. The fraction of sp³-hybridized carbons (Fsp3) is 0.357. The van der Waals surface area contributed by atoms with Crippen molar-refractivity contribution in [2.24, 2.45) is 11.8 Å². The van der Waals surface area contributed by atoms with Crippen LogP contribution < -0.4 is 0 Å². The van der Waals surface area contributed by atoms with E-state index in [1.165, 1.54) is 6.42 Å². The van der Waals surface area contributed by atoms with Gasteiger partial charge in [0, 0.05) is 11.8 Å². The van der Waals surface area contributed by atoms with Crippen LogP contribution in [0.2, 0.25) is 0 Å². The molecule has 0 bridgehead atoms. The molecular weight excluding hydrogens is 232 g/mol. The third kappa shape index (κ3) is 2.09. The van der Waals surface area contributed by atoms with Crippen LogP contribution in [0.5, 0.6) is 0 Å². The van der Waals surface area contributed by atoms with Crippen molar-refractivity contribution >= 4 is 11.6 Å². The summed E-state index contributed by atoms with van der Waals surface area (Å²) >= 11 is 6.45. The summed E-state index contributed by atoms with van der Waals surface area (Å²) in [6, 6.07) is 10.1. The van der Waals surface area contributed by atoms with Crippen LogP contribution in [-0.2, 0) is 0 Å². The number of nitrogens with zero attached hydrogens (tertiary/aromatic N) is 2. The van der Waals surface area contributed by atoms with Crippen molar-refractivity contribution in [3.8, 4) is 5.69 Å². The van der Waals surface area contributed by atoms with E-state index in [4.69, 9.17) is 11.6 Å². The summed E-state index contributed by atoms with van der Waals surface area (Å²) in [5.74, 6) is 1.39. The SMILES string of the molecule is CC1CC1C(Cl)c1cnn(-c2ccccc2)c1. The molecule has 1 aromatic heterocycles. The Morgan fingerprint density at radius 3 is 2.71 bits per heavy atom. The molecule has 2 aromatic rings. The number of rotatable bonds is 3. The van der Waals surface area contributed by atoms with Crippen LogP contribution in [-0.4, -0.2) is 9.78 Å². The molecule has 1 saturated carbocycles. The Bertz CT molecular complexity index is 506. The molecule has 3 rings (SSSR count). The standard InChI is InChI=1S/C14H15ClN2/c1-10-7-13(10)14(15)11-8-16-17(9-11)12-5-3-2-4-6-12/h2-6,8-10,13-14H,7H2,1H3. The highest BCUT2D eigenvalue weighted by atomic mass is 35.5. The number of para-hydroxylation sites is 1. The zero-order valence-electron chi connectivity index (χ0n) is 9.75. The van der Waals surface area contributed by atoms with Crippen molar-refractivity contribution in [3.63, 3.8) is 0 Å². The number of alkyl halides is 1. The summed E-state index contributed by atoms with van der Waals surface area (Å²) in [5.41, 5.74) is 2.20. The maximum Gasteiger partial charge on any atom is 0.0647 e. The highest BCUT2D eigenvalue weighted by Gasteiger charge is 2.39. The van der Waals surface area contributed by atoms with E-state index in [9.17, 15) is 0 Å². The number of halogens is 1. The second-order valence-electron chi connectivity index (χ2n) is 4.83. The lowest BCUT2D eigenvalue weighted by Crippen LogP contribution is -1.94. The monoisotopic (exact) mass is 246 g/mol. The van der Waals surface area contributed by atoms with Gasteiger partial charge in [-0.05, 0) is 30.4 Å². The summed E-state index contributed by atoms with van der Waals surface area (Å²) in [7, 11) is 0. The van der Waals surface area contributed by atoms with Crippen LogP contribution in [0.3, 0.4) is 0 Å². The van der Waals surface area contributed by atoms with E-state index in [2.05, 4.69) is 12.0 Å². The topological polar surface area (TPSA) is 17.8 Å². The summed E-state index contributed by atoms with van der Waals surface area (Å²) in [5, 5.41) is 4.49. The minimum atomic E-state index is 0.113. The van der Waals surface area contributed by atoms with Crippen LogP contribution in [0, 0.1) is 11.8 Å². The number of hydrogen-bond donors (Lipinski definition) is 0. The number of aromatic nitrogens is 2. The molecule has 3 unspecified atom stereocenters. The summed E-state index contributed by atoms with van der Waals surface area (Å²) in [4.78, 5) is 0. The number of hydrogen-bond acceptors (Lipinski definition) is 1. The van der Waals surface area contributed by atoms with Gasteiger partial charge in [0.2, 0.25) is 0 Å². The Morgan fingerprint density at radius 2 is 2.06 bits per heavy atom. The lowest BCUT2D eigenvalue weighted by Gasteiger charge is -2.04. The lowest BCUT2D eigenvalue weighted by molar-refractivity contribution is 0.722. The maximum atomic E-state index is 6.45. The molecule has 17 heavy (non-hydrogen) atoms. The molecule has 1 heterocycles. The zero-order valence-corrected chi connectivity index (χ0v) is 10.5. The quantitative estimate of drug-likeness (QED) is 0.753. The minimum Gasteiger partial charge on any atom is -0.241 e. The average Bonchev–Trinajstić information content (AvgIpc) is 2.92. The van der Waals surface area contributed by atoms with Gasteiger partial charge in [0.25, 0.3) is 0 Å². The normalized spacial score (nSPS) is 24.6. The van der Waals surface area contributed by atoms with Gasteiger partial charge in [0.1, 0.15) is 0 Å². The molecule has 0 N–H and O–H groups in total. The first-order chi connectivity index (χ1) is 8.25. The van der Waals surface area contributed by atoms with Crippen LogP contribution in [0.15, 0.2) is 42.7 Å². The first kappa shape index (κ1) is 10.8. The Hall–Kier alpha value is -1.28. The van der Waals surface area contributed by atoms with E-state index in [0.29, 0.717) is 5.92 Å². The molecule has 1 aliphatic carbocycles. The van der Waals surface area contributed by atoms with E-state index in [1.54, 1.807) is 0 Å². The van der Waals surface area contributed by atoms with E-state index in [0.717, 1.165) is 17.2 Å². The van der Waals surface area contributed by atoms with Gasteiger partial charge in [0.05, 0.1) is 17.3 Å². The fourth-order valence-corrected chi connectivity index (χ4v) is 2.67. The van der Waals surface area contributed by atoms with Gasteiger partial charge in [0.15, 0.2) is 0 Å². The van der Waals surface area contributed by atoms with Crippen LogP contribution >= 0.6 is 11.6 Å². The molecule has 3 heteroatoms. The Kier molecular flexibility index (Phi) is 2.67. The maximum absolute atomic E-state index is 6.45. The van der Waals surface area contributed by atoms with E-state index < -0.39 is 0 Å². The molecule has 0 aliphatic heterocycles. The molecule has 0 radical (unpaired) electrons. The van der Waals surface area contributed by atoms with Crippen LogP contribution in [0.4, 0.5) is 0 Å². The molecule has 1 aromatic carbocycles. The predicted molar refractivity (Wildman–Crippen MR) is 69.4 cm³/mol. The van der Waals surface area contributed by atoms with Crippen molar-refractivity contribution in [1.29, 1.82) is 0 Å². The van der Waals surface area contributed by atoms with Gasteiger partial charge in [-0.25, -0.2) is 4.68 Å². The van der Waals surface area contributed by atoms with Gasteiger partial charge in [-0.2, -0.15) is 5.10 Å². The first-order valence-corrected chi connectivity index (χ1v) is 6.43. The molecule has 3 atom stereocenters. The second kappa shape index (κ2) is 4.19. The van der Waals surface area contributed by atoms with Crippen LogP contribution in [0.25, 0.3) is 5.69 Å². The Labute approximate surface area is 106 Å². The van der Waals surface area contributed by atoms with Gasteiger partial charge in [-0.15, -0.1) is 11.6 Å². The highest BCUT2D eigenvalue weighted by molar-refractivity contribution is 6.21. The second-order valence-corrected chi connectivity index (χ2v) is 5.30. The van der Waals surface area contributed by atoms with Crippen molar-refractivity contribution < 1.29 is 0 Å². The number of benzene rings is 1. The zero-order chi connectivity index (χ0) is 11.8. The molecule has 1 fully saturated rings. The third-order valence-corrected chi connectivity index (χ3v) is 4.06. The van der Waals surface area contributed by atoms with Crippen molar-refractivity contribution in [2.75, 3.05) is 0 Å². The van der Waals surface area contributed by atoms with Gasteiger partial charge in [-0.1, -0.05) is 25.1 Å². The van der Waals surface area contributed by atoms with E-state index in [1.807, 2.05) is 47.4 Å². The van der Waals surface area contributed by atoms with Crippen molar-refractivity contribution in [2.45, 2.75) is 18.7 Å². The smallest absolute Gasteiger partial charge is 0.0647 e. The summed E-state index contributed by atoms with van der Waals surface area (Å²) in [6.07, 6.45) is 5.17. The predicted octanol–water partition coefficient (Wildman–Crippen LogP) is 3.81. The first-order valence-electron chi connectivity index (χ1n) is 6.00. The molecule has 0 spiro atoms. The van der Waals surface area contributed by atoms with Crippen molar-refractivity contribution in [1.82, 2.24) is 9.78 Å². The molecule has 88 valence electrons. The Morgan fingerprint density at radius 1 is 1.35 bits per heavy atom. The van der Waals surface area contributed by atoms with E-state index >= 15 is 0 Å². The largest absolute Gasteiger partial charge is 0.241 e. The molecule has 0 amide bonds. The summed E-state index contributed by atoms with van der Waals surface area (Å²) < 4.78 is 1.89. The third-order valence-electron chi connectivity index (χ3n) is 3.49. The fourth-order valence-electron chi connectivity index (χ4n) is 2.21. The average molecular weight is 247 g/mol. The molecule has 2 nitrogen and oxygen atoms in total. The van der Waals surface area contributed by atoms with E-state index in [-0.39, 0.29) is 5.38 Å². The van der Waals surface area contributed by atoms with Gasteiger partial charge < -0.3 is 0 Å². The Balaban J connectivity index is 1.83. The van der Waals surface area contributed by atoms with Crippen LogP contribution in [0.1, 0.15) is 24.3 Å². The van der Waals surface area contributed by atoms with Crippen molar-refractivity contribution in [3.05, 3.63) is 48.3 Å².